The fraction of sp³-hybridized carbons (Fsp3) is 0.571. The number of hydrogen-bond donors (Lipinski definition) is 1. The first-order valence-electron chi connectivity index (χ1n) is 6.14. The van der Waals surface area contributed by atoms with Crippen LogP contribution in [0.2, 0.25) is 0 Å². The minimum atomic E-state index is 0. The first kappa shape index (κ1) is 14.3. The Morgan fingerprint density at radius 2 is 2.06 bits per heavy atom. The van der Waals surface area contributed by atoms with Gasteiger partial charge in [-0.1, -0.05) is 32.0 Å². The zero-order valence-corrected chi connectivity index (χ0v) is 11.4. The van der Waals surface area contributed by atoms with Crippen molar-refractivity contribution in [3.8, 4) is 5.75 Å². The Labute approximate surface area is 110 Å². The third-order valence-electron chi connectivity index (χ3n) is 3.12. The van der Waals surface area contributed by atoms with Crippen molar-refractivity contribution in [2.75, 3.05) is 13.2 Å². The van der Waals surface area contributed by atoms with E-state index in [-0.39, 0.29) is 12.4 Å². The van der Waals surface area contributed by atoms with E-state index in [2.05, 4.69) is 32.0 Å². The lowest BCUT2D eigenvalue weighted by Crippen LogP contribution is -2.07. The van der Waals surface area contributed by atoms with Crippen LogP contribution in [0.5, 0.6) is 5.75 Å². The zero-order valence-electron chi connectivity index (χ0n) is 10.6. The van der Waals surface area contributed by atoms with Gasteiger partial charge in [0.05, 0.1) is 6.61 Å². The molecule has 0 spiro atoms. The topological polar surface area (TPSA) is 35.2 Å². The van der Waals surface area contributed by atoms with Gasteiger partial charge in [0, 0.05) is 0 Å². The van der Waals surface area contributed by atoms with E-state index in [1.54, 1.807) is 0 Å². The number of nitrogens with two attached hydrogens (primary N) is 1. The van der Waals surface area contributed by atoms with Gasteiger partial charge in [-0.3, -0.25) is 0 Å². The SMILES string of the molecule is CC(C)COc1ccccc1[C@@H]1C[C@H]1CN.Cl. The lowest BCUT2D eigenvalue weighted by atomic mass is 10.1. The Bertz CT molecular complexity index is 354. The lowest BCUT2D eigenvalue weighted by molar-refractivity contribution is 0.268. The van der Waals surface area contributed by atoms with E-state index in [4.69, 9.17) is 10.5 Å². The predicted octanol–water partition coefficient (Wildman–Crippen LogP) is 3.21. The number of rotatable bonds is 5. The van der Waals surface area contributed by atoms with Crippen LogP contribution in [0.3, 0.4) is 0 Å². The molecular formula is C14H22ClNO. The lowest BCUT2D eigenvalue weighted by Gasteiger charge is -2.12. The third kappa shape index (κ3) is 3.62. The molecule has 1 saturated carbocycles. The highest BCUT2D eigenvalue weighted by atomic mass is 35.5. The van der Waals surface area contributed by atoms with Gasteiger partial charge in [0.2, 0.25) is 0 Å². The van der Waals surface area contributed by atoms with E-state index in [9.17, 15) is 0 Å². The Morgan fingerprint density at radius 3 is 2.65 bits per heavy atom. The zero-order chi connectivity index (χ0) is 11.5. The summed E-state index contributed by atoms with van der Waals surface area (Å²) in [6.07, 6.45) is 1.22. The van der Waals surface area contributed by atoms with Crippen molar-refractivity contribution >= 4 is 12.4 Å². The number of halogens is 1. The number of ether oxygens (including phenoxy) is 1. The van der Waals surface area contributed by atoms with Gasteiger partial charge in [-0.2, -0.15) is 0 Å². The number of para-hydroxylation sites is 1. The van der Waals surface area contributed by atoms with Crippen molar-refractivity contribution in [1.82, 2.24) is 0 Å². The van der Waals surface area contributed by atoms with E-state index in [0.29, 0.717) is 17.8 Å². The Kier molecular flexibility index (Phi) is 5.29. The summed E-state index contributed by atoms with van der Waals surface area (Å²) in [4.78, 5) is 0. The maximum atomic E-state index is 5.85. The van der Waals surface area contributed by atoms with Crippen molar-refractivity contribution in [3.05, 3.63) is 29.8 Å². The Morgan fingerprint density at radius 1 is 1.35 bits per heavy atom. The van der Waals surface area contributed by atoms with Crippen LogP contribution in [0.4, 0.5) is 0 Å². The molecule has 2 nitrogen and oxygen atoms in total. The monoisotopic (exact) mass is 255 g/mol. The average molecular weight is 256 g/mol. The molecular weight excluding hydrogens is 234 g/mol. The van der Waals surface area contributed by atoms with Crippen molar-refractivity contribution in [2.45, 2.75) is 26.2 Å². The van der Waals surface area contributed by atoms with Gasteiger partial charge in [0.1, 0.15) is 5.75 Å². The molecule has 1 aromatic carbocycles. The number of benzene rings is 1. The molecule has 2 atom stereocenters. The summed E-state index contributed by atoms with van der Waals surface area (Å²) in [6.45, 7) is 5.92. The molecule has 1 aromatic rings. The van der Waals surface area contributed by atoms with E-state index >= 15 is 0 Å². The second kappa shape index (κ2) is 6.27. The molecule has 0 radical (unpaired) electrons. The van der Waals surface area contributed by atoms with Crippen LogP contribution < -0.4 is 10.5 Å². The maximum absolute atomic E-state index is 5.85. The minimum Gasteiger partial charge on any atom is -0.493 e. The van der Waals surface area contributed by atoms with Crippen molar-refractivity contribution in [3.63, 3.8) is 0 Å². The Hall–Kier alpha value is -0.730. The average Bonchev–Trinajstić information content (AvgIpc) is 3.06. The van der Waals surface area contributed by atoms with E-state index in [1.807, 2.05) is 6.07 Å². The van der Waals surface area contributed by atoms with Crippen LogP contribution in [0.25, 0.3) is 0 Å². The predicted molar refractivity (Wildman–Crippen MR) is 73.9 cm³/mol. The summed E-state index contributed by atoms with van der Waals surface area (Å²) in [6, 6.07) is 8.38. The molecule has 1 fully saturated rings. The summed E-state index contributed by atoms with van der Waals surface area (Å²) >= 11 is 0. The largest absolute Gasteiger partial charge is 0.493 e. The second-order valence-corrected chi connectivity index (χ2v) is 5.08. The molecule has 17 heavy (non-hydrogen) atoms. The molecule has 0 aromatic heterocycles. The molecule has 0 bridgehead atoms. The van der Waals surface area contributed by atoms with Gasteiger partial charge in [-0.25, -0.2) is 0 Å². The molecule has 0 aliphatic heterocycles. The highest BCUT2D eigenvalue weighted by Crippen LogP contribution is 2.49. The van der Waals surface area contributed by atoms with Crippen molar-refractivity contribution in [1.29, 1.82) is 0 Å². The third-order valence-corrected chi connectivity index (χ3v) is 3.12. The summed E-state index contributed by atoms with van der Waals surface area (Å²) < 4.78 is 5.85. The molecule has 0 amide bonds. The van der Waals surface area contributed by atoms with E-state index < -0.39 is 0 Å². The van der Waals surface area contributed by atoms with Gasteiger partial charge < -0.3 is 10.5 Å². The molecule has 1 aliphatic carbocycles. The van der Waals surface area contributed by atoms with Gasteiger partial charge in [0.15, 0.2) is 0 Å². The highest BCUT2D eigenvalue weighted by molar-refractivity contribution is 5.85. The normalized spacial score (nSPS) is 22.1. The van der Waals surface area contributed by atoms with Crippen LogP contribution in [0, 0.1) is 11.8 Å². The molecule has 0 unspecified atom stereocenters. The summed E-state index contributed by atoms with van der Waals surface area (Å²) in [5.74, 6) is 2.92. The quantitative estimate of drug-likeness (QED) is 0.877. The van der Waals surface area contributed by atoms with Gasteiger partial charge >= 0.3 is 0 Å². The highest BCUT2D eigenvalue weighted by Gasteiger charge is 2.38. The molecule has 2 N–H and O–H groups in total. The molecule has 96 valence electrons. The number of hydrogen-bond acceptors (Lipinski definition) is 2. The van der Waals surface area contributed by atoms with Gasteiger partial charge in [-0.15, -0.1) is 12.4 Å². The molecule has 1 aliphatic rings. The van der Waals surface area contributed by atoms with Crippen LogP contribution >= 0.6 is 12.4 Å². The van der Waals surface area contributed by atoms with E-state index in [1.165, 1.54) is 12.0 Å². The second-order valence-electron chi connectivity index (χ2n) is 5.08. The van der Waals surface area contributed by atoms with Crippen LogP contribution in [0.1, 0.15) is 31.7 Å². The smallest absolute Gasteiger partial charge is 0.122 e. The van der Waals surface area contributed by atoms with Crippen molar-refractivity contribution < 1.29 is 4.74 Å². The Balaban J connectivity index is 0.00000144. The summed E-state index contributed by atoms with van der Waals surface area (Å²) in [5.41, 5.74) is 7.04. The molecule has 2 rings (SSSR count). The van der Waals surface area contributed by atoms with Crippen molar-refractivity contribution in [2.24, 2.45) is 17.6 Å². The van der Waals surface area contributed by atoms with Gasteiger partial charge in [-0.05, 0) is 42.3 Å². The van der Waals surface area contributed by atoms with Crippen LogP contribution in [-0.2, 0) is 0 Å². The molecule has 0 heterocycles. The van der Waals surface area contributed by atoms with Crippen LogP contribution in [-0.4, -0.2) is 13.2 Å². The maximum Gasteiger partial charge on any atom is 0.122 e. The first-order chi connectivity index (χ1) is 7.72. The van der Waals surface area contributed by atoms with Gasteiger partial charge in [0.25, 0.3) is 0 Å². The summed E-state index contributed by atoms with van der Waals surface area (Å²) in [5, 5.41) is 0. The minimum absolute atomic E-state index is 0. The fourth-order valence-electron chi connectivity index (χ4n) is 2.06. The first-order valence-corrected chi connectivity index (χ1v) is 6.14. The molecule has 3 heteroatoms. The standard InChI is InChI=1S/C14H21NO.ClH/c1-10(2)9-16-14-6-4-3-5-12(14)13-7-11(13)8-15;/h3-6,10-11,13H,7-9,15H2,1-2H3;1H/t11-,13+;/m0./s1. The summed E-state index contributed by atoms with van der Waals surface area (Å²) in [7, 11) is 0. The van der Waals surface area contributed by atoms with E-state index in [0.717, 1.165) is 18.9 Å². The fourth-order valence-corrected chi connectivity index (χ4v) is 2.06. The van der Waals surface area contributed by atoms with Crippen LogP contribution in [0.15, 0.2) is 24.3 Å². The molecule has 0 saturated heterocycles.